The van der Waals surface area contributed by atoms with E-state index in [4.69, 9.17) is 4.74 Å². The van der Waals surface area contributed by atoms with Crippen molar-refractivity contribution in [2.24, 2.45) is 5.92 Å². The Hall–Kier alpha value is -1.44. The summed E-state index contributed by atoms with van der Waals surface area (Å²) in [4.78, 5) is 11.6. The fourth-order valence-corrected chi connectivity index (χ4v) is 4.59. The van der Waals surface area contributed by atoms with Gasteiger partial charge in [-0.2, -0.15) is 0 Å². The van der Waals surface area contributed by atoms with E-state index in [0.717, 1.165) is 12.8 Å². The number of nitrogens with one attached hydrogen (secondary N) is 1. The van der Waals surface area contributed by atoms with Crippen molar-refractivity contribution in [3.05, 3.63) is 29.8 Å². The number of carbonyl (C=O) groups is 1. The summed E-state index contributed by atoms with van der Waals surface area (Å²) < 4.78 is 38.5. The Morgan fingerprint density at radius 2 is 1.96 bits per heavy atom. The van der Waals surface area contributed by atoms with E-state index in [1.807, 2.05) is 6.92 Å². The lowest BCUT2D eigenvalue weighted by molar-refractivity contribution is 0.0600. The van der Waals surface area contributed by atoms with Gasteiger partial charge in [0.15, 0.2) is 0 Å². The standard InChI is InChI=1S/C16H21NO5S/c1-16(9-10-22-14(16)11-3-4-11)17-23(19,20)13-7-5-12(6-8-13)15(18)21-2/h5-8,11,14,17H,3-4,9-10H2,1-2H3/t14-,16-/m1/s1. The highest BCUT2D eigenvalue weighted by Crippen LogP contribution is 2.43. The predicted molar refractivity (Wildman–Crippen MR) is 83.6 cm³/mol. The van der Waals surface area contributed by atoms with Gasteiger partial charge in [-0.05, 0) is 56.4 Å². The summed E-state index contributed by atoms with van der Waals surface area (Å²) in [5.74, 6) is -0.0428. The Labute approximate surface area is 136 Å². The molecule has 1 aromatic rings. The van der Waals surface area contributed by atoms with Gasteiger partial charge < -0.3 is 9.47 Å². The molecule has 0 aromatic heterocycles. The normalized spacial score (nSPS) is 27.8. The quantitative estimate of drug-likeness (QED) is 0.826. The molecular weight excluding hydrogens is 318 g/mol. The van der Waals surface area contributed by atoms with E-state index in [1.54, 1.807) is 0 Å². The largest absolute Gasteiger partial charge is 0.465 e. The number of benzene rings is 1. The van der Waals surface area contributed by atoms with Crippen molar-refractivity contribution in [1.29, 1.82) is 0 Å². The second-order valence-electron chi connectivity index (χ2n) is 6.42. The molecule has 1 heterocycles. The maximum Gasteiger partial charge on any atom is 0.337 e. The summed E-state index contributed by atoms with van der Waals surface area (Å²) in [6.07, 6.45) is 2.78. The summed E-state index contributed by atoms with van der Waals surface area (Å²) in [7, 11) is -2.39. The zero-order valence-corrected chi connectivity index (χ0v) is 14.1. The van der Waals surface area contributed by atoms with Crippen LogP contribution in [0.4, 0.5) is 0 Å². The van der Waals surface area contributed by atoms with Gasteiger partial charge in [0.25, 0.3) is 0 Å². The molecule has 23 heavy (non-hydrogen) atoms. The van der Waals surface area contributed by atoms with Gasteiger partial charge in [-0.15, -0.1) is 0 Å². The molecule has 2 atom stereocenters. The van der Waals surface area contributed by atoms with Crippen LogP contribution in [0.3, 0.4) is 0 Å². The molecule has 7 heteroatoms. The molecule has 126 valence electrons. The molecule has 1 N–H and O–H groups in total. The second-order valence-corrected chi connectivity index (χ2v) is 8.10. The first-order valence-electron chi connectivity index (χ1n) is 7.70. The van der Waals surface area contributed by atoms with Crippen molar-refractivity contribution in [3.8, 4) is 0 Å². The molecule has 1 saturated carbocycles. The molecule has 0 unspecified atom stereocenters. The Morgan fingerprint density at radius 1 is 1.30 bits per heavy atom. The molecule has 0 bridgehead atoms. The average Bonchev–Trinajstić information content (AvgIpc) is 3.29. The minimum Gasteiger partial charge on any atom is -0.465 e. The molecular formula is C16H21NO5S. The SMILES string of the molecule is COC(=O)c1ccc(S(=O)(=O)N[C@]2(C)CCO[C@@H]2C2CC2)cc1. The Balaban J connectivity index is 1.79. The van der Waals surface area contributed by atoms with Gasteiger partial charge in [-0.25, -0.2) is 17.9 Å². The summed E-state index contributed by atoms with van der Waals surface area (Å²) in [5.41, 5.74) is -0.265. The topological polar surface area (TPSA) is 81.7 Å². The minimum atomic E-state index is -3.67. The van der Waals surface area contributed by atoms with Crippen molar-refractivity contribution < 1.29 is 22.7 Å². The van der Waals surface area contributed by atoms with Crippen LogP contribution in [0.5, 0.6) is 0 Å². The fourth-order valence-electron chi connectivity index (χ4n) is 3.14. The monoisotopic (exact) mass is 339 g/mol. The lowest BCUT2D eigenvalue weighted by atomic mass is 9.92. The van der Waals surface area contributed by atoms with Gasteiger partial charge in [0.2, 0.25) is 10.0 Å². The molecule has 2 fully saturated rings. The van der Waals surface area contributed by atoms with Gasteiger partial charge in [0, 0.05) is 6.61 Å². The maximum absolute atomic E-state index is 12.6. The molecule has 0 amide bonds. The van der Waals surface area contributed by atoms with Gasteiger partial charge in [0.1, 0.15) is 0 Å². The Kier molecular flexibility index (Phi) is 4.20. The molecule has 1 aliphatic heterocycles. The van der Waals surface area contributed by atoms with Crippen LogP contribution in [0.2, 0.25) is 0 Å². The smallest absolute Gasteiger partial charge is 0.337 e. The first-order chi connectivity index (χ1) is 10.9. The van der Waals surface area contributed by atoms with E-state index < -0.39 is 21.5 Å². The molecule has 0 radical (unpaired) electrons. The van der Waals surface area contributed by atoms with E-state index in [2.05, 4.69) is 9.46 Å². The summed E-state index contributed by atoms with van der Waals surface area (Å²) in [6, 6.07) is 5.73. The van der Waals surface area contributed by atoms with Crippen LogP contribution in [0.15, 0.2) is 29.2 Å². The Morgan fingerprint density at radius 3 is 2.52 bits per heavy atom. The van der Waals surface area contributed by atoms with Crippen LogP contribution in [0.1, 0.15) is 36.5 Å². The molecule has 1 aliphatic carbocycles. The van der Waals surface area contributed by atoms with E-state index in [9.17, 15) is 13.2 Å². The zero-order valence-electron chi connectivity index (χ0n) is 13.2. The number of rotatable bonds is 5. The molecule has 3 rings (SSSR count). The van der Waals surface area contributed by atoms with E-state index in [-0.39, 0.29) is 11.0 Å². The maximum atomic E-state index is 12.6. The summed E-state index contributed by atoms with van der Waals surface area (Å²) in [6.45, 7) is 2.48. The molecule has 1 aromatic carbocycles. The highest BCUT2D eigenvalue weighted by atomic mass is 32.2. The van der Waals surface area contributed by atoms with Crippen LogP contribution < -0.4 is 4.72 Å². The van der Waals surface area contributed by atoms with Crippen molar-refractivity contribution in [2.45, 2.75) is 42.7 Å². The number of esters is 1. The minimum absolute atomic E-state index is 0.0633. The third kappa shape index (κ3) is 3.27. The summed E-state index contributed by atoms with van der Waals surface area (Å²) >= 11 is 0. The Bertz CT molecular complexity index is 696. The summed E-state index contributed by atoms with van der Waals surface area (Å²) in [5, 5.41) is 0. The van der Waals surface area contributed by atoms with Gasteiger partial charge in [-0.1, -0.05) is 0 Å². The molecule has 1 saturated heterocycles. The third-order valence-electron chi connectivity index (χ3n) is 4.55. The van der Waals surface area contributed by atoms with Crippen molar-refractivity contribution in [1.82, 2.24) is 4.72 Å². The van der Waals surface area contributed by atoms with E-state index in [0.29, 0.717) is 24.5 Å². The van der Waals surface area contributed by atoms with Crippen molar-refractivity contribution >= 4 is 16.0 Å². The van der Waals surface area contributed by atoms with E-state index in [1.165, 1.54) is 31.4 Å². The van der Waals surface area contributed by atoms with Crippen LogP contribution in [0.25, 0.3) is 0 Å². The van der Waals surface area contributed by atoms with Gasteiger partial charge in [-0.3, -0.25) is 0 Å². The lowest BCUT2D eigenvalue weighted by Crippen LogP contribution is -2.52. The number of methoxy groups -OCH3 is 1. The number of hydrogen-bond donors (Lipinski definition) is 1. The van der Waals surface area contributed by atoms with Crippen molar-refractivity contribution in [2.75, 3.05) is 13.7 Å². The van der Waals surface area contributed by atoms with Gasteiger partial charge >= 0.3 is 5.97 Å². The zero-order chi connectivity index (χ0) is 16.7. The van der Waals surface area contributed by atoms with E-state index >= 15 is 0 Å². The predicted octanol–water partition coefficient (Wildman–Crippen LogP) is 1.71. The van der Waals surface area contributed by atoms with Crippen molar-refractivity contribution in [3.63, 3.8) is 0 Å². The molecule has 2 aliphatic rings. The van der Waals surface area contributed by atoms with Crippen LogP contribution in [0, 0.1) is 5.92 Å². The lowest BCUT2D eigenvalue weighted by Gasteiger charge is -2.31. The average molecular weight is 339 g/mol. The number of ether oxygens (including phenoxy) is 2. The first-order valence-corrected chi connectivity index (χ1v) is 9.18. The van der Waals surface area contributed by atoms with Crippen LogP contribution in [-0.4, -0.2) is 39.7 Å². The first kappa shape index (κ1) is 16.4. The number of hydrogen-bond acceptors (Lipinski definition) is 5. The second kappa shape index (κ2) is 5.89. The highest BCUT2D eigenvalue weighted by Gasteiger charge is 2.50. The van der Waals surface area contributed by atoms with Gasteiger partial charge in [0.05, 0.1) is 29.2 Å². The van der Waals surface area contributed by atoms with Crippen LogP contribution in [-0.2, 0) is 19.5 Å². The third-order valence-corrected chi connectivity index (χ3v) is 6.18. The fraction of sp³-hybridized carbons (Fsp3) is 0.562. The number of carbonyl (C=O) groups excluding carboxylic acids is 1. The highest BCUT2D eigenvalue weighted by molar-refractivity contribution is 7.89. The van der Waals surface area contributed by atoms with Crippen LogP contribution >= 0.6 is 0 Å². The number of sulfonamides is 1. The molecule has 6 nitrogen and oxygen atoms in total. The molecule has 0 spiro atoms.